The highest BCUT2D eigenvalue weighted by atomic mass is 19.4. The van der Waals surface area contributed by atoms with Gasteiger partial charge in [0, 0.05) is 37.2 Å². The topological polar surface area (TPSA) is 64.8 Å². The van der Waals surface area contributed by atoms with E-state index >= 15 is 0 Å². The van der Waals surface area contributed by atoms with Crippen LogP contribution in [-0.2, 0) is 11.2 Å². The lowest BCUT2D eigenvalue weighted by molar-refractivity contribution is -0.384. The zero-order chi connectivity index (χ0) is 16.8. The van der Waals surface area contributed by atoms with Crippen molar-refractivity contribution >= 4 is 11.4 Å². The van der Waals surface area contributed by atoms with Gasteiger partial charge in [-0.2, -0.15) is 13.2 Å². The van der Waals surface area contributed by atoms with Crippen molar-refractivity contribution in [3.8, 4) is 5.75 Å². The average molecular weight is 332 g/mol. The Labute approximate surface area is 129 Å². The number of nitro benzene ring substituents is 1. The van der Waals surface area contributed by atoms with E-state index < -0.39 is 23.1 Å². The number of nitro groups is 1. The molecule has 0 aliphatic carbocycles. The summed E-state index contributed by atoms with van der Waals surface area (Å²) in [5, 5.41) is 11.3. The Morgan fingerprint density at radius 2 is 1.96 bits per heavy atom. The molecule has 3 rings (SSSR count). The van der Waals surface area contributed by atoms with Crippen molar-refractivity contribution in [1.29, 1.82) is 0 Å². The largest absolute Gasteiger partial charge is 0.477 e. The zero-order valence-corrected chi connectivity index (χ0v) is 12.4. The number of nitrogens with zero attached hydrogens (tertiary/aromatic N) is 2. The fraction of sp³-hybridized carbons (Fsp3) is 0.571. The summed E-state index contributed by atoms with van der Waals surface area (Å²) in [6.45, 7) is 2.66. The van der Waals surface area contributed by atoms with Crippen molar-refractivity contribution in [3.63, 3.8) is 0 Å². The highest BCUT2D eigenvalue weighted by Gasteiger charge is 2.57. The third-order valence-electron chi connectivity index (χ3n) is 4.17. The normalized spacial score (nSPS) is 24.3. The Hall–Kier alpha value is -2.03. The number of halogens is 3. The van der Waals surface area contributed by atoms with Crippen LogP contribution in [0.25, 0.3) is 0 Å². The van der Waals surface area contributed by atoms with E-state index in [-0.39, 0.29) is 22.7 Å². The summed E-state index contributed by atoms with van der Waals surface area (Å²) < 4.78 is 49.7. The summed E-state index contributed by atoms with van der Waals surface area (Å²) in [5.74, 6) is 0.0527. The van der Waals surface area contributed by atoms with Gasteiger partial charge in [0.05, 0.1) is 18.1 Å². The molecule has 0 N–H and O–H groups in total. The number of rotatable bonds is 2. The summed E-state index contributed by atoms with van der Waals surface area (Å²) in [5.41, 5.74) is -2.09. The van der Waals surface area contributed by atoms with E-state index in [2.05, 4.69) is 0 Å². The predicted octanol–water partition coefficient (Wildman–Crippen LogP) is 2.69. The lowest BCUT2D eigenvalue weighted by atomic mass is 9.98. The molecule has 1 aromatic carbocycles. The van der Waals surface area contributed by atoms with Gasteiger partial charge in [0.15, 0.2) is 0 Å². The molecule has 2 heterocycles. The molecule has 1 atom stereocenters. The van der Waals surface area contributed by atoms with Gasteiger partial charge in [-0.25, -0.2) is 0 Å². The highest BCUT2D eigenvalue weighted by Crippen LogP contribution is 2.47. The van der Waals surface area contributed by atoms with Gasteiger partial charge >= 0.3 is 6.18 Å². The number of hydrogen-bond acceptors (Lipinski definition) is 5. The van der Waals surface area contributed by atoms with Gasteiger partial charge in [0.2, 0.25) is 5.60 Å². The van der Waals surface area contributed by atoms with Crippen molar-refractivity contribution in [1.82, 2.24) is 0 Å². The predicted molar refractivity (Wildman–Crippen MR) is 74.9 cm³/mol. The Kier molecular flexibility index (Phi) is 3.62. The fourth-order valence-electron chi connectivity index (χ4n) is 2.84. The van der Waals surface area contributed by atoms with Gasteiger partial charge in [0.25, 0.3) is 5.69 Å². The van der Waals surface area contributed by atoms with E-state index in [1.807, 2.05) is 0 Å². The molecule has 9 heteroatoms. The number of ether oxygens (including phenoxy) is 2. The van der Waals surface area contributed by atoms with Crippen LogP contribution in [0.2, 0.25) is 0 Å². The van der Waals surface area contributed by atoms with Crippen molar-refractivity contribution in [2.45, 2.75) is 25.1 Å². The average Bonchev–Trinajstić information content (AvgIpc) is 2.83. The molecule has 1 fully saturated rings. The molecule has 0 aromatic heterocycles. The van der Waals surface area contributed by atoms with E-state index in [0.29, 0.717) is 26.3 Å². The SMILES string of the molecule is CC1(C(F)(F)F)Cc2cc([N+](=O)[O-])c(N3CCOCC3)cc2O1. The minimum atomic E-state index is -4.56. The Balaban J connectivity index is 2.01. The monoisotopic (exact) mass is 332 g/mol. The molecule has 0 amide bonds. The Morgan fingerprint density at radius 3 is 2.52 bits per heavy atom. The summed E-state index contributed by atoms with van der Waals surface area (Å²) in [4.78, 5) is 12.5. The van der Waals surface area contributed by atoms with Gasteiger partial charge in [-0.05, 0) is 6.92 Å². The number of benzene rings is 1. The third kappa shape index (κ3) is 2.69. The fourth-order valence-corrected chi connectivity index (χ4v) is 2.84. The molecule has 1 unspecified atom stereocenters. The van der Waals surface area contributed by atoms with Crippen LogP contribution in [0.5, 0.6) is 5.75 Å². The molecule has 1 aromatic rings. The highest BCUT2D eigenvalue weighted by molar-refractivity contribution is 5.69. The van der Waals surface area contributed by atoms with Crippen molar-refractivity contribution in [3.05, 3.63) is 27.8 Å². The van der Waals surface area contributed by atoms with Crippen LogP contribution in [0.4, 0.5) is 24.5 Å². The second-order valence-electron chi connectivity index (χ2n) is 5.81. The molecule has 126 valence electrons. The van der Waals surface area contributed by atoms with E-state index in [1.165, 1.54) is 12.1 Å². The molecule has 0 spiro atoms. The van der Waals surface area contributed by atoms with Crippen molar-refractivity contribution in [2.24, 2.45) is 0 Å². The number of fused-ring (bicyclic) bond motifs is 1. The number of anilines is 1. The molecule has 23 heavy (non-hydrogen) atoms. The van der Waals surface area contributed by atoms with Crippen LogP contribution in [0.15, 0.2) is 12.1 Å². The first-order valence-electron chi connectivity index (χ1n) is 7.11. The molecule has 6 nitrogen and oxygen atoms in total. The first-order valence-corrected chi connectivity index (χ1v) is 7.11. The second-order valence-corrected chi connectivity index (χ2v) is 5.81. The number of morpholine rings is 1. The van der Waals surface area contributed by atoms with Crippen LogP contribution in [0, 0.1) is 10.1 Å². The maximum Gasteiger partial charge on any atom is 0.428 e. The van der Waals surface area contributed by atoms with Crippen LogP contribution in [0.1, 0.15) is 12.5 Å². The van der Waals surface area contributed by atoms with Gasteiger partial charge in [-0.1, -0.05) is 0 Å². The van der Waals surface area contributed by atoms with E-state index in [1.54, 1.807) is 4.90 Å². The Bertz CT molecular complexity index is 644. The van der Waals surface area contributed by atoms with E-state index in [4.69, 9.17) is 9.47 Å². The molecule has 2 aliphatic rings. The molecule has 1 saturated heterocycles. The second kappa shape index (κ2) is 5.26. The maximum absolute atomic E-state index is 13.1. The zero-order valence-electron chi connectivity index (χ0n) is 12.4. The summed E-state index contributed by atoms with van der Waals surface area (Å²) in [6.07, 6.45) is -4.99. The van der Waals surface area contributed by atoms with Crippen molar-refractivity contribution < 1.29 is 27.6 Å². The number of hydrogen-bond donors (Lipinski definition) is 0. The molecule has 2 aliphatic heterocycles. The smallest absolute Gasteiger partial charge is 0.428 e. The quantitative estimate of drug-likeness (QED) is 0.615. The van der Waals surface area contributed by atoms with Gasteiger partial charge < -0.3 is 14.4 Å². The van der Waals surface area contributed by atoms with Crippen molar-refractivity contribution in [2.75, 3.05) is 31.2 Å². The molecule has 0 saturated carbocycles. The minimum Gasteiger partial charge on any atom is -0.477 e. The molecular formula is C14H15F3N2O4. The maximum atomic E-state index is 13.1. The summed E-state index contributed by atoms with van der Waals surface area (Å²) in [6, 6.07) is 2.53. The first-order chi connectivity index (χ1) is 10.7. The van der Waals surface area contributed by atoms with E-state index in [0.717, 1.165) is 6.92 Å². The summed E-state index contributed by atoms with van der Waals surface area (Å²) >= 11 is 0. The molecular weight excluding hydrogens is 317 g/mol. The molecule has 0 radical (unpaired) electrons. The van der Waals surface area contributed by atoms with Gasteiger partial charge in [-0.3, -0.25) is 10.1 Å². The van der Waals surface area contributed by atoms with Crippen LogP contribution >= 0.6 is 0 Å². The summed E-state index contributed by atoms with van der Waals surface area (Å²) in [7, 11) is 0. The number of alkyl halides is 3. The Morgan fingerprint density at radius 1 is 1.30 bits per heavy atom. The standard InChI is InChI=1S/C14H15F3N2O4/c1-13(14(15,16)17)8-9-6-11(19(20)21)10(7-12(9)23-13)18-2-4-22-5-3-18/h6-7H,2-5,8H2,1H3. The lowest BCUT2D eigenvalue weighted by Crippen LogP contribution is -2.46. The van der Waals surface area contributed by atoms with Crippen LogP contribution in [0.3, 0.4) is 0 Å². The van der Waals surface area contributed by atoms with E-state index in [9.17, 15) is 23.3 Å². The van der Waals surface area contributed by atoms with Gasteiger partial charge in [-0.15, -0.1) is 0 Å². The lowest BCUT2D eigenvalue weighted by Gasteiger charge is -2.29. The molecule has 0 bridgehead atoms. The third-order valence-corrected chi connectivity index (χ3v) is 4.17. The van der Waals surface area contributed by atoms with Crippen LogP contribution in [-0.4, -0.2) is 43.0 Å². The van der Waals surface area contributed by atoms with Gasteiger partial charge in [0.1, 0.15) is 11.4 Å². The van der Waals surface area contributed by atoms with Crippen LogP contribution < -0.4 is 9.64 Å². The first kappa shape index (κ1) is 15.9. The minimum absolute atomic E-state index is 0.0527.